The first-order valence-corrected chi connectivity index (χ1v) is 31.8. The lowest BCUT2D eigenvalue weighted by molar-refractivity contribution is -0.139. The number of aromatic nitrogens is 1. The molecule has 3 aromatic rings. The van der Waals surface area contributed by atoms with Crippen molar-refractivity contribution in [2.45, 2.75) is 108 Å². The smallest absolute Gasteiger partial charge is 0.317 e. The Hall–Kier alpha value is -7.90. The number of likely N-dealkylation sites (tertiary alicyclic amines) is 2. The van der Waals surface area contributed by atoms with Gasteiger partial charge in [0.05, 0.1) is 56.5 Å². The number of carbonyl (C=O) groups excluding carboxylic acids is 8. The maximum absolute atomic E-state index is 14.0. The van der Waals surface area contributed by atoms with Gasteiger partial charge in [-0.25, -0.2) is 8.78 Å². The van der Waals surface area contributed by atoms with Gasteiger partial charge in [0.2, 0.25) is 29.5 Å². The van der Waals surface area contributed by atoms with Crippen molar-refractivity contribution < 1.29 is 76.0 Å². The fourth-order valence-electron chi connectivity index (χ4n) is 11.3. The molecule has 6 rings (SSSR count). The number of carboxylic acids is 1. The first-order valence-electron chi connectivity index (χ1n) is 31.8. The number of carboxylic acid groups (broad SMARTS) is 1. The highest BCUT2D eigenvalue weighted by Crippen LogP contribution is 2.32. The molecule has 2 aromatic carbocycles. The van der Waals surface area contributed by atoms with Crippen molar-refractivity contribution in [2.75, 3.05) is 138 Å². The monoisotopic (exact) mass is 1290 g/mol. The van der Waals surface area contributed by atoms with Crippen LogP contribution >= 0.6 is 0 Å². The number of rotatable bonds is 36. The van der Waals surface area contributed by atoms with Gasteiger partial charge in [-0.15, -0.1) is 6.42 Å². The molecular formula is C65H91F2N11O14. The minimum atomic E-state index is -3.09. The first kappa shape index (κ1) is 73.2. The van der Waals surface area contributed by atoms with E-state index >= 15 is 0 Å². The van der Waals surface area contributed by atoms with Gasteiger partial charge in [-0.05, 0) is 100 Å². The molecule has 4 heterocycles. The Labute approximate surface area is 536 Å². The van der Waals surface area contributed by atoms with Gasteiger partial charge in [-0.1, -0.05) is 42.2 Å². The Kier molecular flexibility index (Phi) is 31.4. The summed E-state index contributed by atoms with van der Waals surface area (Å²) in [6.45, 7) is 6.31. The third-order valence-corrected chi connectivity index (χ3v) is 16.6. The number of benzene rings is 2. The summed E-state index contributed by atoms with van der Waals surface area (Å²) in [5.74, 6) is -3.10. The fraction of sp³-hybridized carbons (Fsp3) is 0.600. The summed E-state index contributed by atoms with van der Waals surface area (Å²) >= 11 is 0. The van der Waals surface area contributed by atoms with Crippen molar-refractivity contribution in [3.8, 4) is 18.1 Å². The summed E-state index contributed by atoms with van der Waals surface area (Å²) in [4.78, 5) is 128. The largest absolute Gasteiger partial charge is 0.494 e. The number of hydrogen-bond donors (Lipinski definition) is 5. The van der Waals surface area contributed by atoms with E-state index in [-0.39, 0.29) is 83.2 Å². The topological polar surface area (TPSA) is 291 Å². The van der Waals surface area contributed by atoms with Gasteiger partial charge in [-0.2, -0.15) is 0 Å². The molecule has 3 aliphatic heterocycles. The molecule has 3 fully saturated rings. The molecule has 25 nitrogen and oxygen atoms in total. The number of hydrogen-bond acceptors (Lipinski definition) is 18. The number of carbonyl (C=O) groups is 9. The van der Waals surface area contributed by atoms with Gasteiger partial charge in [0.15, 0.2) is 0 Å². The summed E-state index contributed by atoms with van der Waals surface area (Å²) in [5, 5.41) is 21.4. The second-order valence-electron chi connectivity index (χ2n) is 23.6. The Bertz CT molecular complexity index is 2910. The predicted molar refractivity (Wildman–Crippen MR) is 336 cm³/mol. The minimum absolute atomic E-state index is 0.00868. The Balaban J connectivity index is 0.916. The van der Waals surface area contributed by atoms with Crippen LogP contribution in [0.25, 0.3) is 10.9 Å². The molecule has 504 valence electrons. The van der Waals surface area contributed by atoms with Gasteiger partial charge < -0.3 is 55.1 Å². The van der Waals surface area contributed by atoms with Crippen molar-refractivity contribution in [2.24, 2.45) is 5.92 Å². The van der Waals surface area contributed by atoms with E-state index in [0.717, 1.165) is 42.6 Å². The molecule has 2 atom stereocenters. The van der Waals surface area contributed by atoms with Crippen molar-refractivity contribution in [3.63, 3.8) is 0 Å². The summed E-state index contributed by atoms with van der Waals surface area (Å²) in [7, 11) is 0. The quantitative estimate of drug-likeness (QED) is 0.0318. The normalized spacial score (nSPS) is 17.5. The molecule has 0 spiro atoms. The van der Waals surface area contributed by atoms with E-state index < -0.39 is 67.1 Å². The number of unbranched alkanes of at least 4 members (excludes halogenated alkanes) is 2. The third-order valence-electron chi connectivity index (χ3n) is 16.6. The molecule has 1 aromatic heterocycles. The van der Waals surface area contributed by atoms with Gasteiger partial charge in [0.1, 0.15) is 25.3 Å². The maximum atomic E-state index is 14.0. The molecule has 0 radical (unpaired) electrons. The van der Waals surface area contributed by atoms with E-state index in [0.29, 0.717) is 140 Å². The third kappa shape index (κ3) is 26.4. The average Bonchev–Trinajstić information content (AvgIpc) is 1.32. The van der Waals surface area contributed by atoms with Crippen LogP contribution in [0.1, 0.15) is 98.5 Å². The number of nitrogens with one attached hydrogen (secondary N) is 4. The zero-order valence-corrected chi connectivity index (χ0v) is 52.8. The number of terminal acetylenes is 1. The second-order valence-corrected chi connectivity index (χ2v) is 23.6. The van der Waals surface area contributed by atoms with E-state index in [1.54, 1.807) is 23.1 Å². The predicted octanol–water partition coefficient (Wildman–Crippen LogP) is 2.81. The highest BCUT2D eigenvalue weighted by molar-refractivity contribution is 6.07. The molecule has 3 saturated heterocycles. The number of halogens is 2. The number of amides is 6. The maximum Gasteiger partial charge on any atom is 0.317 e. The van der Waals surface area contributed by atoms with Crippen LogP contribution in [0.15, 0.2) is 54.7 Å². The van der Waals surface area contributed by atoms with E-state index in [4.69, 9.17) is 25.4 Å². The Morgan fingerprint density at radius 1 is 0.739 bits per heavy atom. The number of alkyl halides is 2. The standard InChI is InChI=1S/C65H91F2N11O14/c1-3-52-40-65(66,67)44-78(52)61(84)41-71-63(87)54-19-24-68-56-18-17-53(39-55(54)56)92-36-8-10-51-20-26-77(27-21-51)60(83)12-5-4-6-23-70-64(88)57(22-37-89-38-25-69-58(81)11-7-9-50-15-13-49(2)14-16-50)72-59(82)42-73-28-29-74(43-62(85)86)31-33-76(46-91-48-80)35-34-75(32-30-73)45-90-47-79/h1,13-19,24,39,47-48,51-52,57H,4-12,20-23,25-38,40-46H2,2H3,(H,69,81)(H,70,88)(H,71,87)(H,72,82)(H,85,86)/t52-,57-/m0/s1. The van der Waals surface area contributed by atoms with Crippen molar-refractivity contribution >= 4 is 65.3 Å². The van der Waals surface area contributed by atoms with E-state index in [1.165, 1.54) is 17.8 Å². The molecule has 6 amide bonds. The number of pyridine rings is 1. The fourth-order valence-corrected chi connectivity index (χ4v) is 11.3. The average molecular weight is 1290 g/mol. The number of fused-ring (bicyclic) bond motifs is 1. The van der Waals surface area contributed by atoms with E-state index in [9.17, 15) is 57.0 Å². The highest BCUT2D eigenvalue weighted by atomic mass is 19.3. The SMILES string of the molecule is C#C[C@H]1CC(F)(F)CN1C(=O)CNC(=O)c1ccnc2ccc(OCCCC3CCN(C(=O)CCCCCNC(=O)[C@H](CCOCCNC(=O)CCCc4ccc(C)cc4)NC(=O)CN4CCN(COC=O)CCN(COC=O)CCN(CC(=O)O)CC4)CC3)cc12. The van der Waals surface area contributed by atoms with Gasteiger partial charge in [-0.3, -0.25) is 67.7 Å². The van der Waals surface area contributed by atoms with Crippen LogP contribution in [-0.4, -0.2) is 250 Å². The summed E-state index contributed by atoms with van der Waals surface area (Å²) in [6.07, 6.45) is 13.8. The first-order chi connectivity index (χ1) is 44.4. The van der Waals surface area contributed by atoms with E-state index in [2.05, 4.69) is 44.3 Å². The molecule has 3 aliphatic rings. The molecule has 92 heavy (non-hydrogen) atoms. The lowest BCUT2D eigenvalue weighted by atomic mass is 9.92. The molecule has 0 aliphatic carbocycles. The van der Waals surface area contributed by atoms with Gasteiger partial charge >= 0.3 is 5.97 Å². The van der Waals surface area contributed by atoms with Crippen LogP contribution in [0, 0.1) is 25.2 Å². The second kappa shape index (κ2) is 39.5. The lowest BCUT2D eigenvalue weighted by Gasteiger charge is -2.33. The number of aliphatic carboxylic acids is 1. The van der Waals surface area contributed by atoms with Crippen LogP contribution in [-0.2, 0) is 59.0 Å². The summed E-state index contributed by atoms with van der Waals surface area (Å²) in [5.41, 5.74) is 3.11. The van der Waals surface area contributed by atoms with Crippen molar-refractivity contribution in [1.29, 1.82) is 0 Å². The van der Waals surface area contributed by atoms with Crippen molar-refractivity contribution in [1.82, 2.24) is 55.7 Å². The molecule has 0 unspecified atom stereocenters. The summed E-state index contributed by atoms with van der Waals surface area (Å²) in [6, 6.07) is 12.9. The number of nitrogens with zero attached hydrogens (tertiary/aromatic N) is 7. The molecule has 27 heteroatoms. The van der Waals surface area contributed by atoms with Crippen LogP contribution in [0.5, 0.6) is 5.75 Å². The van der Waals surface area contributed by atoms with Crippen LogP contribution in [0.4, 0.5) is 8.78 Å². The molecular weight excluding hydrogens is 1200 g/mol. The van der Waals surface area contributed by atoms with Crippen LogP contribution in [0.2, 0.25) is 0 Å². The van der Waals surface area contributed by atoms with Gasteiger partial charge in [0.25, 0.3) is 24.8 Å². The number of ether oxygens (including phenoxy) is 4. The minimum Gasteiger partial charge on any atom is -0.494 e. The molecule has 0 bridgehead atoms. The van der Waals surface area contributed by atoms with Crippen molar-refractivity contribution in [3.05, 3.63) is 71.4 Å². The highest BCUT2D eigenvalue weighted by Gasteiger charge is 2.46. The summed E-state index contributed by atoms with van der Waals surface area (Å²) < 4.78 is 49.9. The van der Waals surface area contributed by atoms with Gasteiger partial charge in [0, 0.05) is 116 Å². The Morgan fingerprint density at radius 3 is 2.08 bits per heavy atom. The van der Waals surface area contributed by atoms with E-state index in [1.807, 2.05) is 38.7 Å². The number of aryl methyl sites for hydroxylation is 2. The Morgan fingerprint density at radius 2 is 1.41 bits per heavy atom. The molecule has 0 saturated carbocycles. The zero-order valence-electron chi connectivity index (χ0n) is 52.8. The number of piperidine rings is 1. The molecule has 5 N–H and O–H groups in total. The zero-order chi connectivity index (χ0) is 66.1. The van der Waals surface area contributed by atoms with Crippen LogP contribution in [0.3, 0.4) is 0 Å². The van der Waals surface area contributed by atoms with Crippen LogP contribution < -0.4 is 26.0 Å². The lowest BCUT2D eigenvalue weighted by Crippen LogP contribution is -2.52.